The SMILES string of the molecule is CCCNC(=O)[C@H](CC)N(Cc1ccccc1)C(=O)CN(C)S(=O)(=O)c1ccc(C)cc1. The number of aryl methyl sites for hydroxylation is 1. The zero-order valence-electron chi connectivity index (χ0n) is 19.2. The van der Waals surface area contributed by atoms with Crippen molar-refractivity contribution in [3.05, 3.63) is 65.7 Å². The largest absolute Gasteiger partial charge is 0.354 e. The van der Waals surface area contributed by atoms with Gasteiger partial charge in [0.2, 0.25) is 21.8 Å². The second kappa shape index (κ2) is 11.8. The lowest BCUT2D eigenvalue weighted by molar-refractivity contribution is -0.141. The van der Waals surface area contributed by atoms with Crippen LogP contribution in [0.15, 0.2) is 59.5 Å². The number of nitrogens with one attached hydrogen (secondary N) is 1. The molecular weight excluding hydrogens is 426 g/mol. The van der Waals surface area contributed by atoms with Crippen molar-refractivity contribution in [1.29, 1.82) is 0 Å². The summed E-state index contributed by atoms with van der Waals surface area (Å²) in [7, 11) is -2.46. The molecule has 0 bridgehead atoms. The molecule has 7 nitrogen and oxygen atoms in total. The van der Waals surface area contributed by atoms with Crippen molar-refractivity contribution in [2.75, 3.05) is 20.1 Å². The van der Waals surface area contributed by atoms with E-state index in [9.17, 15) is 18.0 Å². The molecule has 0 radical (unpaired) electrons. The van der Waals surface area contributed by atoms with Crippen LogP contribution in [0.4, 0.5) is 0 Å². The Morgan fingerprint density at radius 3 is 2.19 bits per heavy atom. The van der Waals surface area contributed by atoms with Crippen molar-refractivity contribution in [2.24, 2.45) is 0 Å². The van der Waals surface area contributed by atoms with Crippen LogP contribution in [0.25, 0.3) is 0 Å². The normalized spacial score (nSPS) is 12.4. The molecule has 0 saturated carbocycles. The van der Waals surface area contributed by atoms with Crippen LogP contribution < -0.4 is 5.32 Å². The van der Waals surface area contributed by atoms with Gasteiger partial charge in [-0.25, -0.2) is 8.42 Å². The fourth-order valence-corrected chi connectivity index (χ4v) is 4.44. The number of nitrogens with zero attached hydrogens (tertiary/aromatic N) is 2. The molecule has 2 aromatic carbocycles. The zero-order valence-corrected chi connectivity index (χ0v) is 20.1. The highest BCUT2D eigenvalue weighted by molar-refractivity contribution is 7.89. The van der Waals surface area contributed by atoms with Gasteiger partial charge in [-0.1, -0.05) is 61.9 Å². The van der Waals surface area contributed by atoms with Crippen LogP contribution in [0.3, 0.4) is 0 Å². The molecule has 2 rings (SSSR count). The molecule has 0 saturated heterocycles. The first-order valence-corrected chi connectivity index (χ1v) is 12.3. The standard InChI is InChI=1S/C24H33N3O4S/c1-5-16-25-24(29)22(6-2)27(17-20-10-8-7-9-11-20)23(28)18-26(4)32(30,31)21-14-12-19(3)13-15-21/h7-15,22H,5-6,16-18H2,1-4H3,(H,25,29)/t22-/m0/s1. The minimum Gasteiger partial charge on any atom is -0.354 e. The van der Waals surface area contributed by atoms with Crippen molar-refractivity contribution >= 4 is 21.8 Å². The van der Waals surface area contributed by atoms with E-state index in [1.807, 2.05) is 51.1 Å². The van der Waals surface area contributed by atoms with Gasteiger partial charge < -0.3 is 10.2 Å². The van der Waals surface area contributed by atoms with Crippen LogP contribution in [0.1, 0.15) is 37.8 Å². The van der Waals surface area contributed by atoms with Gasteiger partial charge in [-0.2, -0.15) is 4.31 Å². The maximum absolute atomic E-state index is 13.3. The summed E-state index contributed by atoms with van der Waals surface area (Å²) in [6, 6.07) is 15.2. The Balaban J connectivity index is 2.27. The van der Waals surface area contributed by atoms with E-state index >= 15 is 0 Å². The summed E-state index contributed by atoms with van der Waals surface area (Å²) >= 11 is 0. The molecule has 32 heavy (non-hydrogen) atoms. The second-order valence-corrected chi connectivity index (χ2v) is 9.84. The summed E-state index contributed by atoms with van der Waals surface area (Å²) in [6.45, 7) is 6.05. The summed E-state index contributed by atoms with van der Waals surface area (Å²) in [6.07, 6.45) is 1.20. The van der Waals surface area contributed by atoms with Gasteiger partial charge in [0, 0.05) is 20.1 Å². The van der Waals surface area contributed by atoms with Gasteiger partial charge in [0.1, 0.15) is 6.04 Å². The lowest BCUT2D eigenvalue weighted by atomic mass is 10.1. The van der Waals surface area contributed by atoms with E-state index in [-0.39, 0.29) is 23.9 Å². The van der Waals surface area contributed by atoms with Crippen molar-refractivity contribution in [3.63, 3.8) is 0 Å². The molecule has 0 unspecified atom stereocenters. The Kier molecular flexibility index (Phi) is 9.41. The van der Waals surface area contributed by atoms with Gasteiger partial charge in [0.25, 0.3) is 0 Å². The average molecular weight is 460 g/mol. The number of sulfonamides is 1. The van der Waals surface area contributed by atoms with E-state index in [0.29, 0.717) is 13.0 Å². The van der Waals surface area contributed by atoms with Gasteiger partial charge in [0.05, 0.1) is 11.4 Å². The first kappa shape index (κ1) is 25.5. The highest BCUT2D eigenvalue weighted by atomic mass is 32.2. The predicted molar refractivity (Wildman–Crippen MR) is 125 cm³/mol. The van der Waals surface area contributed by atoms with Crippen molar-refractivity contribution in [3.8, 4) is 0 Å². The minimum absolute atomic E-state index is 0.126. The van der Waals surface area contributed by atoms with Crippen molar-refractivity contribution < 1.29 is 18.0 Å². The van der Waals surface area contributed by atoms with Crippen LogP contribution in [0.2, 0.25) is 0 Å². The molecule has 0 aliphatic rings. The zero-order chi connectivity index (χ0) is 23.7. The predicted octanol–water partition coefficient (Wildman–Crippen LogP) is 2.95. The molecular formula is C24H33N3O4S. The molecule has 2 amide bonds. The molecule has 1 N–H and O–H groups in total. The quantitative estimate of drug-likeness (QED) is 0.560. The van der Waals surface area contributed by atoms with Crippen molar-refractivity contribution in [1.82, 2.24) is 14.5 Å². The number of hydrogen-bond donors (Lipinski definition) is 1. The molecule has 0 aliphatic carbocycles. The van der Waals surface area contributed by atoms with Crippen LogP contribution in [-0.4, -0.2) is 55.6 Å². The number of carbonyl (C=O) groups excluding carboxylic acids is 2. The third-order valence-corrected chi connectivity index (χ3v) is 7.04. The Labute approximate surface area is 191 Å². The van der Waals surface area contributed by atoms with E-state index in [4.69, 9.17) is 0 Å². The van der Waals surface area contributed by atoms with Crippen LogP contribution >= 0.6 is 0 Å². The third-order valence-electron chi connectivity index (χ3n) is 5.22. The van der Waals surface area contributed by atoms with Gasteiger partial charge in [-0.3, -0.25) is 9.59 Å². The first-order valence-electron chi connectivity index (χ1n) is 10.8. The molecule has 0 aliphatic heterocycles. The molecule has 0 aromatic heterocycles. The lowest BCUT2D eigenvalue weighted by Gasteiger charge is -2.32. The number of hydrogen-bond acceptors (Lipinski definition) is 4. The molecule has 0 fully saturated rings. The van der Waals surface area contributed by atoms with E-state index in [2.05, 4.69) is 5.32 Å². The van der Waals surface area contributed by atoms with E-state index in [1.54, 1.807) is 12.1 Å². The Hall–Kier alpha value is -2.71. The Morgan fingerprint density at radius 2 is 1.62 bits per heavy atom. The monoisotopic (exact) mass is 459 g/mol. The first-order chi connectivity index (χ1) is 15.2. The summed E-state index contributed by atoms with van der Waals surface area (Å²) in [4.78, 5) is 27.7. The summed E-state index contributed by atoms with van der Waals surface area (Å²) in [5, 5.41) is 2.85. The average Bonchev–Trinajstić information content (AvgIpc) is 2.78. The number of likely N-dealkylation sites (N-methyl/N-ethyl adjacent to an activating group) is 1. The Bertz CT molecular complexity index is 992. The number of carbonyl (C=O) groups is 2. The summed E-state index contributed by atoms with van der Waals surface area (Å²) < 4.78 is 26.9. The van der Waals surface area contributed by atoms with Gasteiger partial charge in [-0.15, -0.1) is 0 Å². The lowest BCUT2D eigenvalue weighted by Crippen LogP contribution is -2.51. The fraction of sp³-hybridized carbons (Fsp3) is 0.417. The van der Waals surface area contributed by atoms with Crippen LogP contribution in [0.5, 0.6) is 0 Å². The third kappa shape index (κ3) is 6.64. The number of rotatable bonds is 11. The maximum atomic E-state index is 13.3. The molecule has 8 heteroatoms. The highest BCUT2D eigenvalue weighted by Crippen LogP contribution is 2.17. The highest BCUT2D eigenvalue weighted by Gasteiger charge is 2.31. The summed E-state index contributed by atoms with van der Waals surface area (Å²) in [5.41, 5.74) is 1.81. The van der Waals surface area contributed by atoms with E-state index in [1.165, 1.54) is 24.1 Å². The fourth-order valence-electron chi connectivity index (χ4n) is 3.32. The minimum atomic E-state index is -3.84. The number of benzene rings is 2. The van der Waals surface area contributed by atoms with Crippen LogP contribution in [0, 0.1) is 6.92 Å². The molecule has 174 valence electrons. The van der Waals surface area contributed by atoms with E-state index in [0.717, 1.165) is 21.9 Å². The smallest absolute Gasteiger partial charge is 0.243 e. The molecule has 0 heterocycles. The molecule has 1 atom stereocenters. The maximum Gasteiger partial charge on any atom is 0.243 e. The summed E-state index contributed by atoms with van der Waals surface area (Å²) in [5.74, 6) is -0.659. The van der Waals surface area contributed by atoms with Crippen LogP contribution in [-0.2, 0) is 26.2 Å². The van der Waals surface area contributed by atoms with Crippen molar-refractivity contribution in [2.45, 2.75) is 51.1 Å². The topological polar surface area (TPSA) is 86.8 Å². The Morgan fingerprint density at radius 1 is 1.00 bits per heavy atom. The second-order valence-electron chi connectivity index (χ2n) is 7.80. The van der Waals surface area contributed by atoms with E-state index < -0.39 is 22.0 Å². The molecule has 2 aromatic rings. The van der Waals surface area contributed by atoms with Gasteiger partial charge >= 0.3 is 0 Å². The van der Waals surface area contributed by atoms with Gasteiger partial charge in [0.15, 0.2) is 0 Å². The molecule has 0 spiro atoms. The van der Waals surface area contributed by atoms with Gasteiger partial charge in [-0.05, 0) is 37.5 Å². The number of amides is 2.